The Morgan fingerprint density at radius 2 is 1.55 bits per heavy atom. The second kappa shape index (κ2) is 8.93. The van der Waals surface area contributed by atoms with E-state index < -0.39 is 24.5 Å². The smallest absolute Gasteiger partial charge is 0.343 e. The number of carbonyl (C=O) groups excluding carboxylic acids is 3. The van der Waals surface area contributed by atoms with Crippen molar-refractivity contribution in [2.75, 3.05) is 17.2 Å². The van der Waals surface area contributed by atoms with Crippen LogP contribution >= 0.6 is 0 Å². The van der Waals surface area contributed by atoms with Crippen LogP contribution < -0.4 is 16.0 Å². The summed E-state index contributed by atoms with van der Waals surface area (Å²) in [4.78, 5) is 37.4. The Hall–Kier alpha value is -3.88. The molecule has 0 heterocycles. The molecule has 0 unspecified atom stereocenters. The monoisotopic (exact) mass is 455 g/mol. The molecule has 0 aromatic heterocycles. The van der Waals surface area contributed by atoms with Crippen molar-refractivity contribution in [3.8, 4) is 0 Å². The number of hydrogen-bond donors (Lipinski definition) is 3. The van der Waals surface area contributed by atoms with Crippen LogP contribution in [0, 0.1) is 5.92 Å². The molecule has 1 fully saturated rings. The van der Waals surface area contributed by atoms with Gasteiger partial charge in [-0.15, -0.1) is 0 Å². The Labute approximate surface area is 187 Å². The van der Waals surface area contributed by atoms with Crippen molar-refractivity contribution >= 4 is 39.9 Å². The average molecular weight is 455 g/mol. The zero-order valence-corrected chi connectivity index (χ0v) is 17.3. The summed E-state index contributed by atoms with van der Waals surface area (Å²) in [6.07, 6.45) is -2.91. The highest BCUT2D eigenvalue weighted by atomic mass is 19.4. The second-order valence-corrected chi connectivity index (χ2v) is 7.84. The van der Waals surface area contributed by atoms with Gasteiger partial charge in [0, 0.05) is 17.2 Å². The van der Waals surface area contributed by atoms with Crippen LogP contribution in [0.15, 0.2) is 60.7 Å². The van der Waals surface area contributed by atoms with Gasteiger partial charge in [-0.1, -0.05) is 30.3 Å². The van der Waals surface area contributed by atoms with Crippen LogP contribution in [0.5, 0.6) is 0 Å². The van der Waals surface area contributed by atoms with E-state index in [-0.39, 0.29) is 28.6 Å². The molecule has 1 aliphatic rings. The summed E-state index contributed by atoms with van der Waals surface area (Å²) >= 11 is 0. The maximum Gasteiger partial charge on any atom is 0.405 e. The highest BCUT2D eigenvalue weighted by Gasteiger charge is 2.30. The average Bonchev–Trinajstić information content (AvgIpc) is 3.62. The molecular weight excluding hydrogens is 435 g/mol. The largest absolute Gasteiger partial charge is 0.405 e. The fourth-order valence-corrected chi connectivity index (χ4v) is 3.33. The van der Waals surface area contributed by atoms with E-state index in [2.05, 4.69) is 10.6 Å². The summed E-state index contributed by atoms with van der Waals surface area (Å²) in [5, 5.41) is 8.92. The molecular formula is C24H20F3N3O3. The van der Waals surface area contributed by atoms with Crippen molar-refractivity contribution in [2.45, 2.75) is 19.0 Å². The van der Waals surface area contributed by atoms with Gasteiger partial charge in [0.25, 0.3) is 11.8 Å². The topological polar surface area (TPSA) is 87.3 Å². The zero-order valence-electron chi connectivity index (χ0n) is 17.3. The first kappa shape index (κ1) is 22.3. The minimum absolute atomic E-state index is 0.0298. The number of fused-ring (bicyclic) bond motifs is 1. The number of amides is 3. The molecule has 170 valence electrons. The number of hydrogen-bond acceptors (Lipinski definition) is 3. The van der Waals surface area contributed by atoms with Crippen LogP contribution in [-0.4, -0.2) is 30.4 Å². The third kappa shape index (κ3) is 5.68. The fraction of sp³-hybridized carbons (Fsp3) is 0.208. The number of rotatable bonds is 6. The molecule has 0 spiro atoms. The highest BCUT2D eigenvalue weighted by molar-refractivity contribution is 6.13. The van der Waals surface area contributed by atoms with Crippen molar-refractivity contribution in [1.29, 1.82) is 0 Å². The van der Waals surface area contributed by atoms with Crippen molar-refractivity contribution in [2.24, 2.45) is 5.92 Å². The molecule has 0 bridgehead atoms. The molecule has 9 heteroatoms. The lowest BCUT2D eigenvalue weighted by Crippen LogP contribution is -2.33. The van der Waals surface area contributed by atoms with E-state index >= 15 is 0 Å². The first-order chi connectivity index (χ1) is 15.7. The van der Waals surface area contributed by atoms with Gasteiger partial charge in [0.15, 0.2) is 0 Å². The van der Waals surface area contributed by atoms with E-state index in [4.69, 9.17) is 0 Å². The summed E-state index contributed by atoms with van der Waals surface area (Å²) in [5.41, 5.74) is 0.793. The lowest BCUT2D eigenvalue weighted by atomic mass is 10.0. The first-order valence-corrected chi connectivity index (χ1v) is 10.3. The molecule has 33 heavy (non-hydrogen) atoms. The van der Waals surface area contributed by atoms with Gasteiger partial charge in [0.05, 0.1) is 11.3 Å². The predicted molar refractivity (Wildman–Crippen MR) is 118 cm³/mol. The molecule has 3 N–H and O–H groups in total. The van der Waals surface area contributed by atoms with Gasteiger partial charge in [-0.2, -0.15) is 13.2 Å². The Morgan fingerprint density at radius 1 is 0.848 bits per heavy atom. The van der Waals surface area contributed by atoms with Crippen LogP contribution in [0.2, 0.25) is 0 Å². The van der Waals surface area contributed by atoms with E-state index in [0.29, 0.717) is 5.69 Å². The Bertz CT molecular complexity index is 1240. The first-order valence-electron chi connectivity index (χ1n) is 10.3. The maximum absolute atomic E-state index is 13.1. The molecule has 6 nitrogen and oxygen atoms in total. The molecule has 0 atom stereocenters. The third-order valence-electron chi connectivity index (χ3n) is 5.17. The molecule has 4 rings (SSSR count). The molecule has 3 aromatic carbocycles. The van der Waals surface area contributed by atoms with E-state index in [1.54, 1.807) is 17.4 Å². The molecule has 0 radical (unpaired) electrons. The zero-order chi connectivity index (χ0) is 23.6. The van der Waals surface area contributed by atoms with Gasteiger partial charge < -0.3 is 16.0 Å². The van der Waals surface area contributed by atoms with Crippen LogP contribution in [0.25, 0.3) is 10.8 Å². The van der Waals surface area contributed by atoms with Crippen molar-refractivity contribution in [3.05, 3.63) is 71.8 Å². The van der Waals surface area contributed by atoms with Crippen molar-refractivity contribution in [1.82, 2.24) is 5.32 Å². The molecule has 3 aromatic rings. The standard InChI is InChI=1S/C24H20F3N3O3/c25-24(26,27)13-28-21(31)17-6-3-7-18(10-17)29-23(33)19-11-15-4-1-2-5-16(15)12-20(19)30-22(32)14-8-9-14/h1-7,10-12,14H,8-9,13H2,(H,28,31)(H,29,33)(H,30,32). The van der Waals surface area contributed by atoms with Gasteiger partial charge in [0.2, 0.25) is 5.91 Å². The van der Waals surface area contributed by atoms with Crippen LogP contribution in [-0.2, 0) is 4.79 Å². The molecule has 1 saturated carbocycles. The van der Waals surface area contributed by atoms with Crippen molar-refractivity contribution < 1.29 is 27.6 Å². The Kier molecular flexibility index (Phi) is 6.04. The van der Waals surface area contributed by atoms with E-state index in [0.717, 1.165) is 23.6 Å². The number of halogens is 3. The van der Waals surface area contributed by atoms with Gasteiger partial charge >= 0.3 is 6.18 Å². The van der Waals surface area contributed by atoms with E-state index in [1.165, 1.54) is 24.3 Å². The minimum atomic E-state index is -4.53. The second-order valence-electron chi connectivity index (χ2n) is 7.84. The predicted octanol–water partition coefficient (Wildman–Crippen LogP) is 4.73. The number of carbonyl (C=O) groups is 3. The maximum atomic E-state index is 13.1. The fourth-order valence-electron chi connectivity index (χ4n) is 3.33. The molecule has 1 aliphatic carbocycles. The number of anilines is 2. The number of benzene rings is 3. The quantitative estimate of drug-likeness (QED) is 0.502. The summed E-state index contributed by atoms with van der Waals surface area (Å²) in [6.45, 7) is -1.45. The van der Waals surface area contributed by atoms with Gasteiger partial charge in [-0.25, -0.2) is 0 Å². The van der Waals surface area contributed by atoms with Crippen LogP contribution in [0.3, 0.4) is 0 Å². The lowest BCUT2D eigenvalue weighted by molar-refractivity contribution is -0.123. The van der Waals surface area contributed by atoms with Crippen molar-refractivity contribution in [3.63, 3.8) is 0 Å². The highest BCUT2D eigenvalue weighted by Crippen LogP contribution is 2.32. The van der Waals surface area contributed by atoms with E-state index in [9.17, 15) is 27.6 Å². The van der Waals surface area contributed by atoms with Gasteiger partial charge in [-0.05, 0) is 53.9 Å². The van der Waals surface area contributed by atoms with Crippen LogP contribution in [0.4, 0.5) is 24.5 Å². The summed E-state index contributed by atoms with van der Waals surface area (Å²) in [7, 11) is 0. The molecule has 0 aliphatic heterocycles. The van der Waals surface area contributed by atoms with Gasteiger partial charge in [0.1, 0.15) is 6.54 Å². The Morgan fingerprint density at radius 3 is 2.21 bits per heavy atom. The number of nitrogens with one attached hydrogen (secondary N) is 3. The third-order valence-corrected chi connectivity index (χ3v) is 5.17. The minimum Gasteiger partial charge on any atom is -0.343 e. The number of alkyl halides is 3. The molecule has 3 amide bonds. The Balaban J connectivity index is 1.57. The van der Waals surface area contributed by atoms with Gasteiger partial charge in [-0.3, -0.25) is 14.4 Å². The van der Waals surface area contributed by atoms with Crippen LogP contribution in [0.1, 0.15) is 33.6 Å². The summed E-state index contributed by atoms with van der Waals surface area (Å²) in [6, 6.07) is 16.4. The summed E-state index contributed by atoms with van der Waals surface area (Å²) < 4.78 is 37.1. The SMILES string of the molecule is O=C(NCC(F)(F)F)c1cccc(NC(=O)c2cc3ccccc3cc2NC(=O)C2CC2)c1. The van der Waals surface area contributed by atoms with E-state index in [1.807, 2.05) is 24.3 Å². The normalized spacial score (nSPS) is 13.4. The summed E-state index contributed by atoms with van der Waals surface area (Å²) in [5.74, 6) is -1.65. The lowest BCUT2D eigenvalue weighted by Gasteiger charge is -2.14. The molecule has 0 saturated heterocycles.